The molecule has 0 saturated carbocycles. The van der Waals surface area contributed by atoms with Crippen molar-refractivity contribution in [3.05, 3.63) is 60.2 Å². The zero-order chi connectivity index (χ0) is 20.8. The molecule has 0 aliphatic carbocycles. The summed E-state index contributed by atoms with van der Waals surface area (Å²) in [7, 11) is 1.56. The van der Waals surface area contributed by atoms with Crippen LogP contribution in [0.2, 0.25) is 0 Å². The van der Waals surface area contributed by atoms with Gasteiger partial charge in [-0.05, 0) is 49.2 Å². The summed E-state index contributed by atoms with van der Waals surface area (Å²) in [5, 5.41) is 9.16. The third-order valence-corrected chi connectivity index (χ3v) is 4.92. The third kappa shape index (κ3) is 5.34. The van der Waals surface area contributed by atoms with Gasteiger partial charge in [-0.25, -0.2) is 0 Å². The Balaban J connectivity index is 1.56. The van der Waals surface area contributed by atoms with Gasteiger partial charge in [0.25, 0.3) is 5.91 Å². The molecule has 7 nitrogen and oxygen atoms in total. The first kappa shape index (κ1) is 20.4. The number of nitrogens with zero attached hydrogens (tertiary/aromatic N) is 2. The van der Waals surface area contributed by atoms with Crippen molar-refractivity contribution in [1.29, 1.82) is 0 Å². The molecule has 1 aliphatic heterocycles. The highest BCUT2D eigenvalue weighted by atomic mass is 16.5. The van der Waals surface area contributed by atoms with Crippen molar-refractivity contribution in [2.45, 2.75) is 12.8 Å². The van der Waals surface area contributed by atoms with E-state index in [-0.39, 0.29) is 24.9 Å². The summed E-state index contributed by atoms with van der Waals surface area (Å²) in [6.45, 7) is 0.630. The second kappa shape index (κ2) is 9.23. The Morgan fingerprint density at radius 2 is 1.72 bits per heavy atom. The van der Waals surface area contributed by atoms with Gasteiger partial charge >= 0.3 is 5.97 Å². The van der Waals surface area contributed by atoms with Crippen LogP contribution in [0.5, 0.6) is 11.5 Å². The summed E-state index contributed by atoms with van der Waals surface area (Å²) in [4.78, 5) is 39.2. The molecule has 2 aromatic rings. The van der Waals surface area contributed by atoms with E-state index in [1.807, 2.05) is 30.3 Å². The number of hydrogen-bond acceptors (Lipinski definition) is 4. The molecule has 2 amide bonds. The van der Waals surface area contributed by atoms with E-state index in [2.05, 4.69) is 0 Å². The highest BCUT2D eigenvalue weighted by Gasteiger charge is 2.29. The molecule has 3 rings (SSSR count). The Bertz CT molecular complexity index is 867. The molecule has 1 saturated heterocycles. The average Bonchev–Trinajstić information content (AvgIpc) is 2.74. The van der Waals surface area contributed by atoms with Gasteiger partial charge in [-0.1, -0.05) is 18.2 Å². The van der Waals surface area contributed by atoms with E-state index in [0.29, 0.717) is 36.4 Å². The fourth-order valence-electron chi connectivity index (χ4n) is 3.29. The normalized spacial score (nSPS) is 16.2. The zero-order valence-electron chi connectivity index (χ0n) is 16.3. The van der Waals surface area contributed by atoms with Crippen molar-refractivity contribution >= 4 is 17.8 Å². The molecule has 2 aromatic carbocycles. The molecule has 1 N–H and O–H groups in total. The number of likely N-dealkylation sites (N-methyl/N-ethyl adjacent to an activating group) is 1. The minimum atomic E-state index is -0.884. The second-order valence-corrected chi connectivity index (χ2v) is 7.12. The maximum atomic E-state index is 12.6. The molecule has 1 aliphatic rings. The summed E-state index contributed by atoms with van der Waals surface area (Å²) in [6.07, 6.45) is 1.23. The minimum Gasteiger partial charge on any atom is -0.481 e. The highest BCUT2D eigenvalue weighted by molar-refractivity contribution is 5.96. The van der Waals surface area contributed by atoms with E-state index < -0.39 is 11.9 Å². The number of ether oxygens (including phenoxy) is 1. The van der Waals surface area contributed by atoms with Gasteiger partial charge in [0.15, 0.2) is 0 Å². The van der Waals surface area contributed by atoms with Crippen molar-refractivity contribution in [1.82, 2.24) is 9.80 Å². The highest BCUT2D eigenvalue weighted by Crippen LogP contribution is 2.22. The van der Waals surface area contributed by atoms with Crippen LogP contribution in [0, 0.1) is 5.92 Å². The standard InChI is InChI=1S/C22H24N2O5/c1-23(15-20(25)24-13-5-6-17(14-24)22(27)28)21(26)16-9-11-19(12-10-16)29-18-7-3-2-4-8-18/h2-4,7-12,17H,5-6,13-15H2,1H3,(H,27,28). The van der Waals surface area contributed by atoms with Gasteiger partial charge in [0.05, 0.1) is 12.5 Å². The number of carboxylic acids is 1. The lowest BCUT2D eigenvalue weighted by molar-refractivity contribution is -0.145. The number of benzene rings is 2. The maximum Gasteiger partial charge on any atom is 0.308 e. The van der Waals surface area contributed by atoms with Gasteiger partial charge in [-0.2, -0.15) is 0 Å². The topological polar surface area (TPSA) is 87.2 Å². The quantitative estimate of drug-likeness (QED) is 0.811. The SMILES string of the molecule is CN(CC(=O)N1CCCC(C(=O)O)C1)C(=O)c1ccc(Oc2ccccc2)cc1. The first-order valence-electron chi connectivity index (χ1n) is 9.53. The Hall–Kier alpha value is -3.35. The number of piperidine rings is 1. The predicted octanol–water partition coefficient (Wildman–Crippen LogP) is 2.87. The summed E-state index contributed by atoms with van der Waals surface area (Å²) in [6, 6.07) is 16.1. The van der Waals surface area contributed by atoms with Crippen molar-refractivity contribution in [3.8, 4) is 11.5 Å². The van der Waals surface area contributed by atoms with Crippen LogP contribution in [0.15, 0.2) is 54.6 Å². The van der Waals surface area contributed by atoms with Gasteiger partial charge in [0.1, 0.15) is 11.5 Å². The van der Waals surface area contributed by atoms with Crippen LogP contribution in [0.1, 0.15) is 23.2 Å². The lowest BCUT2D eigenvalue weighted by Crippen LogP contribution is -2.46. The van der Waals surface area contributed by atoms with Gasteiger partial charge in [-0.15, -0.1) is 0 Å². The molecular formula is C22H24N2O5. The van der Waals surface area contributed by atoms with E-state index in [9.17, 15) is 14.4 Å². The number of carbonyl (C=O) groups is 3. The molecule has 0 spiro atoms. The second-order valence-electron chi connectivity index (χ2n) is 7.12. The number of para-hydroxylation sites is 1. The Morgan fingerprint density at radius 1 is 1.07 bits per heavy atom. The van der Waals surface area contributed by atoms with Crippen molar-refractivity contribution in [3.63, 3.8) is 0 Å². The van der Waals surface area contributed by atoms with E-state index in [1.54, 1.807) is 31.3 Å². The van der Waals surface area contributed by atoms with Gasteiger partial charge in [-0.3, -0.25) is 14.4 Å². The molecule has 1 fully saturated rings. The van der Waals surface area contributed by atoms with Crippen LogP contribution < -0.4 is 4.74 Å². The van der Waals surface area contributed by atoms with Crippen molar-refractivity contribution < 1.29 is 24.2 Å². The Labute approximate surface area is 169 Å². The first-order chi connectivity index (χ1) is 13.9. The molecule has 152 valence electrons. The molecule has 0 bridgehead atoms. The molecular weight excluding hydrogens is 372 g/mol. The molecule has 7 heteroatoms. The zero-order valence-corrected chi connectivity index (χ0v) is 16.3. The number of likely N-dealkylation sites (tertiary alicyclic amines) is 1. The minimum absolute atomic E-state index is 0.0898. The van der Waals surface area contributed by atoms with Crippen LogP contribution in [0.25, 0.3) is 0 Å². The van der Waals surface area contributed by atoms with Crippen LogP contribution in [-0.2, 0) is 9.59 Å². The molecule has 0 radical (unpaired) electrons. The van der Waals surface area contributed by atoms with Gasteiger partial charge in [0.2, 0.25) is 5.91 Å². The summed E-state index contributed by atoms with van der Waals surface area (Å²) in [5.41, 5.74) is 0.447. The van der Waals surface area contributed by atoms with E-state index in [0.717, 1.165) is 0 Å². The number of hydrogen-bond donors (Lipinski definition) is 1. The Kier molecular flexibility index (Phi) is 6.49. The third-order valence-electron chi connectivity index (χ3n) is 4.92. The Morgan fingerprint density at radius 3 is 2.38 bits per heavy atom. The molecule has 29 heavy (non-hydrogen) atoms. The van der Waals surface area contributed by atoms with Crippen LogP contribution in [-0.4, -0.2) is 59.4 Å². The lowest BCUT2D eigenvalue weighted by Gasteiger charge is -2.32. The summed E-state index contributed by atoms with van der Waals surface area (Å²) < 4.78 is 5.71. The average molecular weight is 396 g/mol. The van der Waals surface area contributed by atoms with E-state index >= 15 is 0 Å². The van der Waals surface area contributed by atoms with Crippen LogP contribution in [0.4, 0.5) is 0 Å². The molecule has 1 heterocycles. The number of carbonyl (C=O) groups excluding carboxylic acids is 2. The first-order valence-corrected chi connectivity index (χ1v) is 9.53. The fourth-order valence-corrected chi connectivity index (χ4v) is 3.29. The molecule has 1 unspecified atom stereocenters. The van der Waals surface area contributed by atoms with E-state index in [4.69, 9.17) is 9.84 Å². The van der Waals surface area contributed by atoms with Gasteiger partial charge < -0.3 is 19.6 Å². The summed E-state index contributed by atoms with van der Waals surface area (Å²) in [5.74, 6) is -0.627. The number of amides is 2. The smallest absolute Gasteiger partial charge is 0.308 e. The molecule has 1 atom stereocenters. The number of carboxylic acid groups (broad SMARTS) is 1. The number of rotatable bonds is 6. The number of aliphatic carboxylic acids is 1. The van der Waals surface area contributed by atoms with Crippen LogP contribution in [0.3, 0.4) is 0 Å². The van der Waals surface area contributed by atoms with E-state index in [1.165, 1.54) is 9.80 Å². The predicted molar refractivity (Wildman–Crippen MR) is 107 cm³/mol. The van der Waals surface area contributed by atoms with Gasteiger partial charge in [0, 0.05) is 25.7 Å². The largest absolute Gasteiger partial charge is 0.481 e. The fraction of sp³-hybridized carbons (Fsp3) is 0.318. The maximum absolute atomic E-state index is 12.6. The van der Waals surface area contributed by atoms with Crippen LogP contribution >= 0.6 is 0 Å². The summed E-state index contributed by atoms with van der Waals surface area (Å²) >= 11 is 0. The lowest BCUT2D eigenvalue weighted by atomic mass is 9.98. The monoisotopic (exact) mass is 396 g/mol. The van der Waals surface area contributed by atoms with Crippen molar-refractivity contribution in [2.24, 2.45) is 5.92 Å². The van der Waals surface area contributed by atoms with Crippen molar-refractivity contribution in [2.75, 3.05) is 26.7 Å². The molecule has 0 aromatic heterocycles.